The van der Waals surface area contributed by atoms with Gasteiger partial charge in [0.25, 0.3) is 0 Å². The Kier molecular flexibility index (Phi) is 5.54. The van der Waals surface area contributed by atoms with E-state index in [1.54, 1.807) is 17.2 Å². The first kappa shape index (κ1) is 14.6. The molecule has 0 aromatic carbocycles. The van der Waals surface area contributed by atoms with Crippen molar-refractivity contribution in [1.29, 1.82) is 0 Å². The Morgan fingerprint density at radius 2 is 2.29 bits per heavy atom. The number of cyclic esters (lactones) is 1. The molecule has 1 aliphatic heterocycles. The van der Waals surface area contributed by atoms with Crippen molar-refractivity contribution in [2.24, 2.45) is 0 Å². The molecule has 1 aliphatic rings. The Balaban J connectivity index is 0.00000144. The summed E-state index contributed by atoms with van der Waals surface area (Å²) in [6.07, 6.45) is 2.30. The molecule has 0 aliphatic carbocycles. The molecule has 0 saturated carbocycles. The van der Waals surface area contributed by atoms with E-state index in [-0.39, 0.29) is 38.8 Å². The van der Waals surface area contributed by atoms with E-state index in [1.807, 2.05) is 0 Å². The molecule has 0 unspecified atom stereocenters. The summed E-state index contributed by atoms with van der Waals surface area (Å²) >= 11 is 0. The number of ether oxygens (including phenoxy) is 1. The summed E-state index contributed by atoms with van der Waals surface area (Å²) in [6, 6.07) is 4.89. The molecule has 1 fully saturated rings. The minimum absolute atomic E-state index is 0. The molecule has 1 aromatic rings. The molecule has 0 N–H and O–H groups in total. The van der Waals surface area contributed by atoms with Gasteiger partial charge in [0.15, 0.2) is 0 Å². The maximum Gasteiger partial charge on any atom is 0.404 e. The third kappa shape index (κ3) is 3.49. The van der Waals surface area contributed by atoms with Gasteiger partial charge in [-0.15, -0.1) is 11.6 Å². The van der Waals surface area contributed by atoms with Crippen LogP contribution < -0.4 is 4.90 Å². The molecule has 5 heteroatoms. The predicted molar refractivity (Wildman–Crippen MR) is 60.5 cm³/mol. The topological polar surface area (TPSA) is 42.4 Å². The van der Waals surface area contributed by atoms with Crippen molar-refractivity contribution in [2.75, 3.05) is 18.1 Å². The van der Waals surface area contributed by atoms with Crippen LogP contribution in [-0.4, -0.2) is 24.2 Å². The Morgan fingerprint density at radius 3 is 2.82 bits per heavy atom. The molecule has 0 spiro atoms. The number of hydrogen-bond acceptors (Lipinski definition) is 3. The van der Waals surface area contributed by atoms with E-state index in [0.717, 1.165) is 12.0 Å². The maximum absolute atomic E-state index is 11.5. The predicted octanol–water partition coefficient (Wildman–Crippen LogP) is 2.35. The van der Waals surface area contributed by atoms with Crippen molar-refractivity contribution in [3.8, 4) is 0 Å². The molecule has 4 nitrogen and oxygen atoms in total. The summed E-state index contributed by atoms with van der Waals surface area (Å²) < 4.78 is 4.96. The minimum Gasteiger partial charge on any atom is -0.450 e. The van der Waals surface area contributed by atoms with Gasteiger partial charge in [-0.1, -0.05) is 20.0 Å². The maximum atomic E-state index is 11.5. The van der Waals surface area contributed by atoms with Gasteiger partial charge in [0.1, 0.15) is 0 Å². The zero-order valence-electron chi connectivity index (χ0n) is 10.1. The molecule has 1 aromatic heterocycles. The largest absolute Gasteiger partial charge is 0.450 e. The smallest absolute Gasteiger partial charge is 0.404 e. The molecule has 0 bridgehead atoms. The number of carbonyl (C=O) groups is 1. The fourth-order valence-corrected chi connectivity index (χ4v) is 1.58. The summed E-state index contributed by atoms with van der Waals surface area (Å²) in [5, 5.41) is 0. The zero-order chi connectivity index (χ0) is 11.5. The number of aromatic nitrogens is 1. The first-order valence-corrected chi connectivity index (χ1v) is 5.50. The molecule has 89 valence electrons. The molecule has 0 atom stereocenters. The molecule has 17 heavy (non-hydrogen) atoms. The average molecular weight is 308 g/mol. The number of anilines is 1. The van der Waals surface area contributed by atoms with Crippen LogP contribution in [0.1, 0.15) is 31.7 Å². The Labute approximate surface area is 127 Å². The van der Waals surface area contributed by atoms with Gasteiger partial charge in [0.05, 0.1) is 6.61 Å². The second kappa shape index (κ2) is 6.45. The summed E-state index contributed by atoms with van der Waals surface area (Å²) in [5.41, 5.74) is 1.05. The van der Waals surface area contributed by atoms with Gasteiger partial charge in [-0.25, -0.2) is 4.79 Å². The molecular weight excluding hydrogens is 293 g/mol. The SMILES string of the molecule is CC(C)c1[c-]cc(N2CCCOC2=O)nc1.[Y]. The van der Waals surface area contributed by atoms with Crippen molar-refractivity contribution in [3.05, 3.63) is 23.9 Å². The Morgan fingerprint density at radius 1 is 1.53 bits per heavy atom. The number of carbonyl (C=O) groups excluding carboxylic acids is 1. The van der Waals surface area contributed by atoms with Crippen molar-refractivity contribution in [1.82, 2.24) is 4.98 Å². The summed E-state index contributed by atoms with van der Waals surface area (Å²) in [5.74, 6) is 1.02. The molecule has 1 radical (unpaired) electrons. The first-order chi connectivity index (χ1) is 7.68. The van der Waals surface area contributed by atoms with Crippen LogP contribution >= 0.6 is 0 Å². The van der Waals surface area contributed by atoms with Crippen molar-refractivity contribution in [3.63, 3.8) is 0 Å². The second-order valence-corrected chi connectivity index (χ2v) is 4.13. The first-order valence-electron chi connectivity index (χ1n) is 5.50. The van der Waals surface area contributed by atoms with Crippen LogP contribution in [0.15, 0.2) is 12.3 Å². The van der Waals surface area contributed by atoms with Crippen molar-refractivity contribution < 1.29 is 42.2 Å². The summed E-state index contributed by atoms with van der Waals surface area (Å²) in [6.45, 7) is 5.34. The van der Waals surface area contributed by atoms with Gasteiger partial charge in [-0.2, -0.15) is 6.07 Å². The Hall–Kier alpha value is -0.476. The molecule has 2 rings (SSSR count). The number of pyridine rings is 1. The Bertz CT molecular complexity index is 379. The fourth-order valence-electron chi connectivity index (χ4n) is 1.58. The molecule has 2 heterocycles. The number of amides is 1. The second-order valence-electron chi connectivity index (χ2n) is 4.13. The standard InChI is InChI=1S/C12H15N2O2.Y/c1-9(2)10-4-5-11(13-8-10)14-6-3-7-16-12(14)15;/h5,8-9H,3,6-7H2,1-2H3;/q-1;. The van der Waals surface area contributed by atoms with Gasteiger partial charge in [0, 0.05) is 45.1 Å². The van der Waals surface area contributed by atoms with Gasteiger partial charge < -0.3 is 14.6 Å². The van der Waals surface area contributed by atoms with Crippen LogP contribution in [0.5, 0.6) is 0 Å². The van der Waals surface area contributed by atoms with Crippen LogP contribution in [0.3, 0.4) is 0 Å². The van der Waals surface area contributed by atoms with E-state index in [4.69, 9.17) is 4.74 Å². The average Bonchev–Trinajstić information content (AvgIpc) is 2.30. The van der Waals surface area contributed by atoms with Crippen LogP contribution in [-0.2, 0) is 37.4 Å². The zero-order valence-corrected chi connectivity index (χ0v) is 13.0. The van der Waals surface area contributed by atoms with Gasteiger partial charge in [-0.05, 0) is 12.3 Å². The van der Waals surface area contributed by atoms with Gasteiger partial charge >= 0.3 is 6.09 Å². The third-order valence-corrected chi connectivity index (χ3v) is 2.57. The fraction of sp³-hybridized carbons (Fsp3) is 0.500. The van der Waals surface area contributed by atoms with Crippen LogP contribution in [0.2, 0.25) is 0 Å². The molecular formula is C12H15N2O2Y-. The van der Waals surface area contributed by atoms with Gasteiger partial charge in [-0.3, -0.25) is 0 Å². The van der Waals surface area contributed by atoms with Gasteiger partial charge in [0.2, 0.25) is 0 Å². The van der Waals surface area contributed by atoms with Crippen LogP contribution in [0.4, 0.5) is 10.6 Å². The minimum atomic E-state index is -0.315. The van der Waals surface area contributed by atoms with E-state index >= 15 is 0 Å². The van der Waals surface area contributed by atoms with Crippen molar-refractivity contribution >= 4 is 11.9 Å². The molecule has 1 saturated heterocycles. The molecule has 1 amide bonds. The van der Waals surface area contributed by atoms with E-state index in [9.17, 15) is 4.79 Å². The normalized spacial score (nSPS) is 15.5. The van der Waals surface area contributed by atoms with Crippen LogP contribution in [0, 0.1) is 6.07 Å². The number of nitrogens with zero attached hydrogens (tertiary/aromatic N) is 2. The van der Waals surface area contributed by atoms with E-state index < -0.39 is 0 Å². The van der Waals surface area contributed by atoms with E-state index in [1.165, 1.54) is 0 Å². The summed E-state index contributed by atoms with van der Waals surface area (Å²) in [4.78, 5) is 17.3. The quantitative estimate of drug-likeness (QED) is 0.788. The third-order valence-electron chi connectivity index (χ3n) is 2.57. The van der Waals surface area contributed by atoms with Crippen LogP contribution in [0.25, 0.3) is 0 Å². The number of rotatable bonds is 2. The van der Waals surface area contributed by atoms with E-state index in [0.29, 0.717) is 24.9 Å². The number of hydrogen-bond donors (Lipinski definition) is 0. The summed E-state index contributed by atoms with van der Waals surface area (Å²) in [7, 11) is 0. The van der Waals surface area contributed by atoms with Crippen molar-refractivity contribution in [2.45, 2.75) is 26.2 Å². The monoisotopic (exact) mass is 308 g/mol. The van der Waals surface area contributed by atoms with E-state index in [2.05, 4.69) is 24.9 Å².